The van der Waals surface area contributed by atoms with Crippen molar-refractivity contribution in [3.63, 3.8) is 0 Å². The smallest absolute Gasteiger partial charge is 0.132 e. The molecule has 0 aliphatic rings. The van der Waals surface area contributed by atoms with Crippen LogP contribution in [0.4, 0.5) is 11.6 Å². The summed E-state index contributed by atoms with van der Waals surface area (Å²) in [5.41, 5.74) is 0. The first-order valence-electron chi connectivity index (χ1n) is 6.60. The lowest BCUT2D eigenvalue weighted by atomic mass is 10.3. The Hall–Kier alpha value is -1.36. The molecule has 0 aromatic carbocycles. The minimum absolute atomic E-state index is 0.852. The number of hydrogen-bond acceptors (Lipinski definition) is 5. The third kappa shape index (κ3) is 5.31. The van der Waals surface area contributed by atoms with Gasteiger partial charge in [-0.2, -0.15) is 0 Å². The van der Waals surface area contributed by atoms with Gasteiger partial charge >= 0.3 is 0 Å². The molecule has 0 fully saturated rings. The van der Waals surface area contributed by atoms with Crippen LogP contribution < -0.4 is 10.6 Å². The number of hydrogen-bond donors (Lipinski definition) is 2. The SMILES string of the molecule is CCc1nc(NC)cc(NCCCCN(C)C)n1. The third-order valence-corrected chi connectivity index (χ3v) is 2.68. The van der Waals surface area contributed by atoms with Crippen LogP contribution in [0.15, 0.2) is 6.07 Å². The highest BCUT2D eigenvalue weighted by atomic mass is 15.1. The average molecular weight is 251 g/mol. The molecule has 18 heavy (non-hydrogen) atoms. The maximum Gasteiger partial charge on any atom is 0.132 e. The van der Waals surface area contributed by atoms with Crippen LogP contribution in [-0.4, -0.2) is 49.1 Å². The maximum absolute atomic E-state index is 4.46. The number of aryl methyl sites for hydroxylation is 1. The highest BCUT2D eigenvalue weighted by molar-refractivity contribution is 5.47. The lowest BCUT2D eigenvalue weighted by Gasteiger charge is -2.11. The molecule has 0 aliphatic heterocycles. The topological polar surface area (TPSA) is 53.1 Å². The van der Waals surface area contributed by atoms with Gasteiger partial charge in [0.05, 0.1) is 0 Å². The molecule has 1 aromatic heterocycles. The van der Waals surface area contributed by atoms with Crippen molar-refractivity contribution >= 4 is 11.6 Å². The van der Waals surface area contributed by atoms with Crippen molar-refractivity contribution in [3.8, 4) is 0 Å². The Morgan fingerprint density at radius 1 is 1.17 bits per heavy atom. The van der Waals surface area contributed by atoms with Crippen molar-refractivity contribution in [3.05, 3.63) is 11.9 Å². The number of anilines is 2. The molecule has 0 atom stereocenters. The molecular weight excluding hydrogens is 226 g/mol. The maximum atomic E-state index is 4.46. The van der Waals surface area contributed by atoms with Gasteiger partial charge in [-0.1, -0.05) is 6.92 Å². The van der Waals surface area contributed by atoms with E-state index in [2.05, 4.69) is 46.5 Å². The lowest BCUT2D eigenvalue weighted by Crippen LogP contribution is -2.14. The molecule has 0 spiro atoms. The predicted octanol–water partition coefficient (Wildman–Crippen LogP) is 1.83. The minimum atomic E-state index is 0.852. The van der Waals surface area contributed by atoms with E-state index in [9.17, 15) is 0 Å². The number of unbranched alkanes of at least 4 members (excludes halogenated alkanes) is 1. The molecular formula is C13H25N5. The normalized spacial score (nSPS) is 10.7. The molecule has 5 heteroatoms. The summed E-state index contributed by atoms with van der Waals surface area (Å²) in [7, 11) is 6.08. The largest absolute Gasteiger partial charge is 0.373 e. The van der Waals surface area contributed by atoms with E-state index >= 15 is 0 Å². The zero-order chi connectivity index (χ0) is 13.4. The van der Waals surface area contributed by atoms with E-state index in [4.69, 9.17) is 0 Å². The second-order valence-corrected chi connectivity index (χ2v) is 4.60. The monoisotopic (exact) mass is 251 g/mol. The summed E-state index contributed by atoms with van der Waals surface area (Å²) in [4.78, 5) is 11.0. The van der Waals surface area contributed by atoms with E-state index in [-0.39, 0.29) is 0 Å². The van der Waals surface area contributed by atoms with Crippen LogP contribution in [0.3, 0.4) is 0 Å². The van der Waals surface area contributed by atoms with Crippen molar-refractivity contribution in [2.24, 2.45) is 0 Å². The number of nitrogens with one attached hydrogen (secondary N) is 2. The number of aromatic nitrogens is 2. The summed E-state index contributed by atoms with van der Waals surface area (Å²) < 4.78 is 0. The Labute approximate surface area is 110 Å². The first-order chi connectivity index (χ1) is 8.65. The van der Waals surface area contributed by atoms with Gasteiger partial charge in [0.2, 0.25) is 0 Å². The lowest BCUT2D eigenvalue weighted by molar-refractivity contribution is 0.396. The average Bonchev–Trinajstić information content (AvgIpc) is 2.37. The van der Waals surface area contributed by atoms with Crippen molar-refractivity contribution in [1.82, 2.24) is 14.9 Å². The predicted molar refractivity (Wildman–Crippen MR) is 77.2 cm³/mol. The fourth-order valence-corrected chi connectivity index (χ4v) is 1.64. The van der Waals surface area contributed by atoms with E-state index in [1.165, 1.54) is 6.42 Å². The molecule has 0 saturated heterocycles. The molecule has 0 radical (unpaired) electrons. The van der Waals surface area contributed by atoms with Crippen molar-refractivity contribution in [1.29, 1.82) is 0 Å². The van der Waals surface area contributed by atoms with Gasteiger partial charge in [0, 0.05) is 26.1 Å². The third-order valence-electron chi connectivity index (χ3n) is 2.68. The zero-order valence-electron chi connectivity index (χ0n) is 12.0. The second-order valence-electron chi connectivity index (χ2n) is 4.60. The van der Waals surface area contributed by atoms with Gasteiger partial charge in [-0.15, -0.1) is 0 Å². The fraction of sp³-hybridized carbons (Fsp3) is 0.692. The molecule has 0 bridgehead atoms. The van der Waals surface area contributed by atoms with Crippen molar-refractivity contribution < 1.29 is 0 Å². The first-order valence-corrected chi connectivity index (χ1v) is 6.60. The van der Waals surface area contributed by atoms with Crippen LogP contribution in [0.5, 0.6) is 0 Å². The highest BCUT2D eigenvalue weighted by Gasteiger charge is 2.01. The summed E-state index contributed by atoms with van der Waals surface area (Å²) in [5, 5.41) is 6.42. The molecule has 5 nitrogen and oxygen atoms in total. The molecule has 0 unspecified atom stereocenters. The van der Waals surface area contributed by atoms with Crippen LogP contribution in [-0.2, 0) is 6.42 Å². The summed E-state index contributed by atoms with van der Waals surface area (Å²) in [5.74, 6) is 2.66. The van der Waals surface area contributed by atoms with E-state index in [1.807, 2.05) is 13.1 Å². The van der Waals surface area contributed by atoms with Crippen LogP contribution in [0, 0.1) is 0 Å². The molecule has 0 aliphatic carbocycles. The minimum Gasteiger partial charge on any atom is -0.373 e. The van der Waals surface area contributed by atoms with Crippen LogP contribution >= 0.6 is 0 Å². The molecule has 102 valence electrons. The van der Waals surface area contributed by atoms with Crippen LogP contribution in [0.1, 0.15) is 25.6 Å². The zero-order valence-corrected chi connectivity index (χ0v) is 12.0. The van der Waals surface area contributed by atoms with E-state index in [0.717, 1.165) is 43.4 Å². The van der Waals surface area contributed by atoms with Gasteiger partial charge in [0.15, 0.2) is 0 Å². The van der Waals surface area contributed by atoms with Gasteiger partial charge in [-0.25, -0.2) is 9.97 Å². The summed E-state index contributed by atoms with van der Waals surface area (Å²) in [6.07, 6.45) is 3.20. The Morgan fingerprint density at radius 3 is 2.50 bits per heavy atom. The Balaban J connectivity index is 2.41. The van der Waals surface area contributed by atoms with Crippen molar-refractivity contribution in [2.45, 2.75) is 26.2 Å². The highest BCUT2D eigenvalue weighted by Crippen LogP contribution is 2.11. The standard InChI is InChI=1S/C13H25N5/c1-5-11-16-12(14-2)10-13(17-11)15-8-6-7-9-18(3)4/h10H,5-9H2,1-4H3,(H2,14,15,16,17). The Kier molecular flexibility index (Phi) is 6.43. The summed E-state index contributed by atoms with van der Waals surface area (Å²) in [6, 6.07) is 1.95. The number of nitrogens with zero attached hydrogens (tertiary/aromatic N) is 3. The molecule has 1 rings (SSSR count). The van der Waals surface area contributed by atoms with Crippen LogP contribution in [0.25, 0.3) is 0 Å². The van der Waals surface area contributed by atoms with Gasteiger partial charge in [-0.3, -0.25) is 0 Å². The quantitative estimate of drug-likeness (QED) is 0.690. The molecule has 2 N–H and O–H groups in total. The Bertz CT molecular complexity index is 329. The first kappa shape index (κ1) is 14.7. The second kappa shape index (κ2) is 7.87. The molecule has 1 aromatic rings. The van der Waals surface area contributed by atoms with E-state index in [1.54, 1.807) is 0 Å². The van der Waals surface area contributed by atoms with Crippen molar-refractivity contribution in [2.75, 3.05) is 44.9 Å². The summed E-state index contributed by atoms with van der Waals surface area (Å²) in [6.45, 7) is 4.15. The number of rotatable bonds is 8. The molecule has 1 heterocycles. The fourth-order valence-electron chi connectivity index (χ4n) is 1.64. The molecule has 0 amide bonds. The van der Waals surface area contributed by atoms with Gasteiger partial charge < -0.3 is 15.5 Å². The molecule has 0 saturated carbocycles. The van der Waals surface area contributed by atoms with Gasteiger partial charge in [-0.05, 0) is 33.5 Å². The Morgan fingerprint density at radius 2 is 1.89 bits per heavy atom. The van der Waals surface area contributed by atoms with Crippen LogP contribution in [0.2, 0.25) is 0 Å². The van der Waals surface area contributed by atoms with E-state index < -0.39 is 0 Å². The van der Waals surface area contributed by atoms with Gasteiger partial charge in [0.25, 0.3) is 0 Å². The van der Waals surface area contributed by atoms with E-state index in [0.29, 0.717) is 0 Å². The van der Waals surface area contributed by atoms with Gasteiger partial charge in [0.1, 0.15) is 17.5 Å². The summed E-state index contributed by atoms with van der Waals surface area (Å²) >= 11 is 0.